The van der Waals surface area contributed by atoms with Crippen molar-refractivity contribution in [1.82, 2.24) is 4.90 Å². The molecule has 1 aliphatic heterocycles. The quantitative estimate of drug-likeness (QED) is 0.774. The number of carbonyl (C=O) groups is 2. The first-order valence-electron chi connectivity index (χ1n) is 6.78. The van der Waals surface area contributed by atoms with Crippen LogP contribution in [0, 0.1) is 0 Å². The molecular weight excluding hydrogens is 254 g/mol. The second-order valence-corrected chi connectivity index (χ2v) is 4.89. The lowest BCUT2D eigenvalue weighted by Gasteiger charge is -2.22. The van der Waals surface area contributed by atoms with Gasteiger partial charge in [-0.05, 0) is 38.0 Å². The molecule has 1 amide bonds. The zero-order valence-corrected chi connectivity index (χ0v) is 11.7. The molecule has 20 heavy (non-hydrogen) atoms. The maximum atomic E-state index is 12.5. The van der Waals surface area contributed by atoms with E-state index in [1.54, 1.807) is 42.2 Å². The fourth-order valence-corrected chi connectivity index (χ4v) is 2.47. The van der Waals surface area contributed by atoms with Crippen molar-refractivity contribution in [3.05, 3.63) is 42.5 Å². The number of ketones is 1. The van der Waals surface area contributed by atoms with Crippen molar-refractivity contribution < 1.29 is 14.3 Å². The molecule has 0 aliphatic carbocycles. The summed E-state index contributed by atoms with van der Waals surface area (Å²) in [5, 5.41) is 0. The fraction of sp³-hybridized carbons (Fsp3) is 0.375. The zero-order chi connectivity index (χ0) is 14.5. The van der Waals surface area contributed by atoms with Crippen molar-refractivity contribution in [2.45, 2.75) is 25.8 Å². The lowest BCUT2D eigenvalue weighted by atomic mass is 10.1. The number of benzene rings is 1. The highest BCUT2D eigenvalue weighted by Crippen LogP contribution is 2.22. The summed E-state index contributed by atoms with van der Waals surface area (Å²) in [7, 11) is 0. The second-order valence-electron chi connectivity index (χ2n) is 4.89. The molecular formula is C16H19NO3. The van der Waals surface area contributed by atoms with Crippen LogP contribution in [0.3, 0.4) is 0 Å². The van der Waals surface area contributed by atoms with Gasteiger partial charge in [-0.15, -0.1) is 0 Å². The predicted molar refractivity (Wildman–Crippen MR) is 76.9 cm³/mol. The Labute approximate surface area is 119 Å². The first-order chi connectivity index (χ1) is 9.63. The summed E-state index contributed by atoms with van der Waals surface area (Å²) in [5.74, 6) is 0.580. The van der Waals surface area contributed by atoms with E-state index in [0.29, 0.717) is 24.5 Å². The van der Waals surface area contributed by atoms with E-state index in [9.17, 15) is 9.59 Å². The van der Waals surface area contributed by atoms with Gasteiger partial charge in [-0.3, -0.25) is 9.59 Å². The minimum Gasteiger partial charge on any atom is -0.490 e. The van der Waals surface area contributed by atoms with E-state index in [-0.39, 0.29) is 17.7 Å². The molecule has 1 heterocycles. The Kier molecular flexibility index (Phi) is 4.56. The van der Waals surface area contributed by atoms with Crippen LogP contribution in [0.1, 0.15) is 30.1 Å². The minimum absolute atomic E-state index is 0.0508. The number of hydrogen-bond acceptors (Lipinski definition) is 3. The molecule has 0 saturated carbocycles. The molecule has 1 fully saturated rings. The smallest absolute Gasteiger partial charge is 0.254 e. The number of likely N-dealkylation sites (tertiary alicyclic amines) is 1. The van der Waals surface area contributed by atoms with Crippen molar-refractivity contribution in [3.8, 4) is 5.75 Å². The minimum atomic E-state index is -0.278. The Bertz CT molecular complexity index is 524. The average Bonchev–Trinajstić information content (AvgIpc) is 2.94. The number of Topliss-reactive ketones (excluding diaryl/α,β-unsaturated/α-hetero) is 1. The third-order valence-corrected chi connectivity index (χ3v) is 3.43. The Morgan fingerprint density at radius 1 is 1.50 bits per heavy atom. The van der Waals surface area contributed by atoms with E-state index >= 15 is 0 Å². The molecule has 1 atom stereocenters. The third kappa shape index (κ3) is 3.07. The van der Waals surface area contributed by atoms with Gasteiger partial charge < -0.3 is 9.64 Å². The summed E-state index contributed by atoms with van der Waals surface area (Å²) < 4.78 is 5.43. The fourth-order valence-electron chi connectivity index (χ4n) is 2.47. The van der Waals surface area contributed by atoms with Gasteiger partial charge in [-0.25, -0.2) is 0 Å². The van der Waals surface area contributed by atoms with Gasteiger partial charge in [0, 0.05) is 12.1 Å². The molecule has 0 aromatic heterocycles. The molecule has 1 saturated heterocycles. The van der Waals surface area contributed by atoms with Crippen LogP contribution in [0.5, 0.6) is 5.75 Å². The van der Waals surface area contributed by atoms with E-state index < -0.39 is 0 Å². The largest absolute Gasteiger partial charge is 0.490 e. The number of hydrogen-bond donors (Lipinski definition) is 0. The van der Waals surface area contributed by atoms with Crippen LogP contribution in [0.2, 0.25) is 0 Å². The number of ether oxygens (including phenoxy) is 1. The van der Waals surface area contributed by atoms with Crippen LogP contribution < -0.4 is 4.74 Å². The third-order valence-electron chi connectivity index (χ3n) is 3.43. The van der Waals surface area contributed by atoms with Crippen LogP contribution >= 0.6 is 0 Å². The molecule has 0 radical (unpaired) electrons. The van der Waals surface area contributed by atoms with Crippen LogP contribution in [0.25, 0.3) is 0 Å². The Morgan fingerprint density at radius 2 is 2.30 bits per heavy atom. The molecule has 2 rings (SSSR count). The van der Waals surface area contributed by atoms with Crippen molar-refractivity contribution in [2.24, 2.45) is 0 Å². The topological polar surface area (TPSA) is 46.6 Å². The van der Waals surface area contributed by atoms with E-state index in [2.05, 4.69) is 6.58 Å². The Balaban J connectivity index is 2.16. The van der Waals surface area contributed by atoms with Gasteiger partial charge in [0.2, 0.25) is 0 Å². The van der Waals surface area contributed by atoms with Gasteiger partial charge in [-0.2, -0.15) is 0 Å². The van der Waals surface area contributed by atoms with Gasteiger partial charge in [0.25, 0.3) is 5.91 Å². The molecule has 1 aromatic carbocycles. The Hall–Kier alpha value is -2.10. The summed E-state index contributed by atoms with van der Waals surface area (Å²) in [5.41, 5.74) is 0.555. The molecule has 1 aliphatic rings. The van der Waals surface area contributed by atoms with E-state index in [0.717, 1.165) is 12.8 Å². The molecule has 0 bridgehead atoms. The number of nitrogens with zero attached hydrogens (tertiary/aromatic N) is 1. The summed E-state index contributed by atoms with van der Waals surface area (Å²) in [4.78, 5) is 25.7. The molecule has 106 valence electrons. The maximum Gasteiger partial charge on any atom is 0.254 e. The Morgan fingerprint density at radius 3 is 3.00 bits per heavy atom. The summed E-state index contributed by atoms with van der Waals surface area (Å²) in [6.07, 6.45) is 3.29. The van der Waals surface area contributed by atoms with Gasteiger partial charge in [0.05, 0.1) is 6.04 Å². The van der Waals surface area contributed by atoms with E-state index in [1.165, 1.54) is 0 Å². The van der Waals surface area contributed by atoms with E-state index in [4.69, 9.17) is 4.74 Å². The highest BCUT2D eigenvalue weighted by molar-refractivity contribution is 5.98. The van der Waals surface area contributed by atoms with Crippen molar-refractivity contribution in [3.63, 3.8) is 0 Å². The molecule has 0 unspecified atom stereocenters. The average molecular weight is 273 g/mol. The van der Waals surface area contributed by atoms with Gasteiger partial charge in [0.15, 0.2) is 5.78 Å². The standard InChI is InChI=1S/C16H19NO3/c1-3-10-20-14-7-4-6-13(11-14)16(19)17-9-5-8-15(17)12(2)18/h3-4,6-7,11,15H,1,5,8-10H2,2H3/t15-/m0/s1. The van der Waals surface area contributed by atoms with Crippen LogP contribution in [-0.2, 0) is 4.79 Å². The monoisotopic (exact) mass is 273 g/mol. The second kappa shape index (κ2) is 6.37. The SMILES string of the molecule is C=CCOc1cccc(C(=O)N2CCC[C@H]2C(C)=O)c1. The number of amides is 1. The molecule has 4 nitrogen and oxygen atoms in total. The first kappa shape index (κ1) is 14.3. The number of carbonyl (C=O) groups excluding carboxylic acids is 2. The molecule has 0 spiro atoms. The van der Waals surface area contributed by atoms with Gasteiger partial charge in [0.1, 0.15) is 12.4 Å². The normalized spacial score (nSPS) is 17.9. The molecule has 0 N–H and O–H groups in total. The van der Waals surface area contributed by atoms with Crippen molar-refractivity contribution in [2.75, 3.05) is 13.2 Å². The van der Waals surface area contributed by atoms with Crippen LogP contribution in [0.15, 0.2) is 36.9 Å². The lowest BCUT2D eigenvalue weighted by molar-refractivity contribution is -0.120. The highest BCUT2D eigenvalue weighted by atomic mass is 16.5. The van der Waals surface area contributed by atoms with Crippen LogP contribution in [0.4, 0.5) is 0 Å². The number of rotatable bonds is 5. The predicted octanol–water partition coefficient (Wildman–Crippen LogP) is 2.45. The van der Waals surface area contributed by atoms with E-state index in [1.807, 2.05) is 0 Å². The zero-order valence-electron chi connectivity index (χ0n) is 11.7. The lowest BCUT2D eigenvalue weighted by Crippen LogP contribution is -2.39. The van der Waals surface area contributed by atoms with Gasteiger partial charge >= 0.3 is 0 Å². The summed E-state index contributed by atoms with van der Waals surface area (Å²) in [6.45, 7) is 6.17. The van der Waals surface area contributed by atoms with Crippen molar-refractivity contribution in [1.29, 1.82) is 0 Å². The summed E-state index contributed by atoms with van der Waals surface area (Å²) >= 11 is 0. The highest BCUT2D eigenvalue weighted by Gasteiger charge is 2.32. The maximum absolute atomic E-state index is 12.5. The van der Waals surface area contributed by atoms with Crippen LogP contribution in [-0.4, -0.2) is 35.8 Å². The van der Waals surface area contributed by atoms with Gasteiger partial charge in [-0.1, -0.05) is 18.7 Å². The summed E-state index contributed by atoms with van der Waals surface area (Å²) in [6, 6.07) is 6.76. The molecule has 1 aromatic rings. The molecule has 4 heteroatoms. The van der Waals surface area contributed by atoms with Crippen molar-refractivity contribution >= 4 is 11.7 Å². The first-order valence-corrected chi connectivity index (χ1v) is 6.78.